The Morgan fingerprint density at radius 2 is 2.04 bits per heavy atom. The van der Waals surface area contributed by atoms with Crippen molar-refractivity contribution in [1.82, 2.24) is 19.6 Å². The quantitative estimate of drug-likeness (QED) is 0.836. The predicted octanol–water partition coefficient (Wildman–Crippen LogP) is 1.23. The summed E-state index contributed by atoms with van der Waals surface area (Å²) in [5.41, 5.74) is 1.65. The zero-order valence-corrected chi connectivity index (χ0v) is 13.8. The summed E-state index contributed by atoms with van der Waals surface area (Å²) < 4.78 is 1.85. The van der Waals surface area contributed by atoms with Gasteiger partial charge in [-0.25, -0.2) is 9.78 Å². The minimum atomic E-state index is -1.05. The van der Waals surface area contributed by atoms with Crippen LogP contribution in [0.2, 0.25) is 0 Å². The van der Waals surface area contributed by atoms with Crippen molar-refractivity contribution in [3.8, 4) is 0 Å². The molecule has 0 aliphatic rings. The van der Waals surface area contributed by atoms with E-state index in [-0.39, 0.29) is 11.6 Å². The van der Waals surface area contributed by atoms with Gasteiger partial charge in [0.15, 0.2) is 5.69 Å². The maximum absolute atomic E-state index is 12.6. The summed E-state index contributed by atoms with van der Waals surface area (Å²) >= 11 is 0. The first-order valence-electron chi connectivity index (χ1n) is 7.45. The number of carbonyl (C=O) groups excluding carboxylic acids is 1. The van der Waals surface area contributed by atoms with Crippen LogP contribution in [0, 0.1) is 5.92 Å². The van der Waals surface area contributed by atoms with Gasteiger partial charge in [0.1, 0.15) is 11.7 Å². The van der Waals surface area contributed by atoms with E-state index in [1.165, 1.54) is 0 Å². The lowest BCUT2D eigenvalue weighted by Gasteiger charge is -2.18. The van der Waals surface area contributed by atoms with Gasteiger partial charge in [-0.05, 0) is 32.1 Å². The molecule has 1 amide bonds. The molecule has 23 heavy (non-hydrogen) atoms. The number of nitrogens with zero attached hydrogens (tertiary/aromatic N) is 3. The lowest BCUT2D eigenvalue weighted by atomic mass is 10.0. The SMILES string of the molecule is CC(C)C(NC(=O)c1nc2ccccn2c1CN(C)C)C(=O)O. The smallest absolute Gasteiger partial charge is 0.326 e. The highest BCUT2D eigenvalue weighted by Crippen LogP contribution is 2.15. The summed E-state index contributed by atoms with van der Waals surface area (Å²) in [6.07, 6.45) is 1.84. The van der Waals surface area contributed by atoms with Crippen LogP contribution in [0.3, 0.4) is 0 Å². The highest BCUT2D eigenvalue weighted by atomic mass is 16.4. The van der Waals surface area contributed by atoms with Crippen LogP contribution in [0.15, 0.2) is 24.4 Å². The van der Waals surface area contributed by atoms with Crippen molar-refractivity contribution in [2.24, 2.45) is 5.92 Å². The van der Waals surface area contributed by atoms with Gasteiger partial charge in [0.05, 0.1) is 5.69 Å². The van der Waals surface area contributed by atoms with E-state index in [0.717, 1.165) is 5.69 Å². The largest absolute Gasteiger partial charge is 0.480 e. The number of hydrogen-bond donors (Lipinski definition) is 2. The fourth-order valence-electron chi connectivity index (χ4n) is 2.40. The molecule has 1 unspecified atom stereocenters. The van der Waals surface area contributed by atoms with Crippen LogP contribution in [0.4, 0.5) is 0 Å². The van der Waals surface area contributed by atoms with Crippen molar-refractivity contribution in [3.05, 3.63) is 35.8 Å². The van der Waals surface area contributed by atoms with E-state index >= 15 is 0 Å². The third-order valence-corrected chi connectivity index (χ3v) is 3.53. The van der Waals surface area contributed by atoms with Crippen molar-refractivity contribution in [1.29, 1.82) is 0 Å². The average molecular weight is 318 g/mol. The lowest BCUT2D eigenvalue weighted by Crippen LogP contribution is -2.44. The molecule has 0 radical (unpaired) electrons. The van der Waals surface area contributed by atoms with Gasteiger partial charge in [0.25, 0.3) is 5.91 Å². The Morgan fingerprint density at radius 1 is 1.35 bits per heavy atom. The molecular formula is C16H22N4O3. The summed E-state index contributed by atoms with van der Waals surface area (Å²) in [4.78, 5) is 30.2. The first kappa shape index (κ1) is 17.0. The number of aliphatic carboxylic acids is 1. The molecule has 2 aromatic heterocycles. The van der Waals surface area contributed by atoms with Crippen LogP contribution >= 0.6 is 0 Å². The van der Waals surface area contributed by atoms with Crippen molar-refractivity contribution >= 4 is 17.5 Å². The average Bonchev–Trinajstić information content (AvgIpc) is 2.82. The maximum atomic E-state index is 12.6. The van der Waals surface area contributed by atoms with Gasteiger partial charge < -0.3 is 19.7 Å². The lowest BCUT2D eigenvalue weighted by molar-refractivity contribution is -0.140. The molecule has 2 heterocycles. The van der Waals surface area contributed by atoms with Gasteiger partial charge in [0.2, 0.25) is 0 Å². The summed E-state index contributed by atoms with van der Waals surface area (Å²) in [7, 11) is 3.80. The molecule has 2 N–H and O–H groups in total. The molecule has 2 aromatic rings. The van der Waals surface area contributed by atoms with Crippen LogP contribution < -0.4 is 5.32 Å². The van der Waals surface area contributed by atoms with Crippen LogP contribution in [0.5, 0.6) is 0 Å². The van der Waals surface area contributed by atoms with Crippen LogP contribution in [0.25, 0.3) is 5.65 Å². The number of carboxylic acid groups (broad SMARTS) is 1. The third-order valence-electron chi connectivity index (χ3n) is 3.53. The Balaban J connectivity index is 2.41. The second-order valence-corrected chi connectivity index (χ2v) is 6.11. The Kier molecular flexibility index (Phi) is 5.00. The number of pyridine rings is 1. The highest BCUT2D eigenvalue weighted by Gasteiger charge is 2.27. The highest BCUT2D eigenvalue weighted by molar-refractivity contribution is 5.96. The van der Waals surface area contributed by atoms with Gasteiger partial charge in [-0.1, -0.05) is 19.9 Å². The minimum absolute atomic E-state index is 0.217. The Morgan fingerprint density at radius 3 is 2.61 bits per heavy atom. The number of carboxylic acids is 1. The van der Waals surface area contributed by atoms with Crippen LogP contribution in [-0.2, 0) is 11.3 Å². The van der Waals surface area contributed by atoms with E-state index in [9.17, 15) is 14.7 Å². The van der Waals surface area contributed by atoms with Gasteiger partial charge in [0, 0.05) is 12.7 Å². The van der Waals surface area contributed by atoms with E-state index < -0.39 is 17.9 Å². The summed E-state index contributed by atoms with van der Waals surface area (Å²) in [5.74, 6) is -1.73. The summed E-state index contributed by atoms with van der Waals surface area (Å²) in [6.45, 7) is 4.03. The normalized spacial score (nSPS) is 12.8. The number of fused-ring (bicyclic) bond motifs is 1. The van der Waals surface area contributed by atoms with Gasteiger partial charge in [-0.2, -0.15) is 0 Å². The second kappa shape index (κ2) is 6.78. The number of rotatable bonds is 6. The molecule has 0 aliphatic heterocycles. The van der Waals surface area contributed by atoms with Crippen LogP contribution in [-0.4, -0.2) is 51.4 Å². The van der Waals surface area contributed by atoms with E-state index in [0.29, 0.717) is 12.2 Å². The third kappa shape index (κ3) is 3.68. The monoisotopic (exact) mass is 318 g/mol. The summed E-state index contributed by atoms with van der Waals surface area (Å²) in [5, 5.41) is 11.8. The molecule has 7 heteroatoms. The Hall–Kier alpha value is -2.41. The number of aromatic nitrogens is 2. The molecule has 0 saturated heterocycles. The van der Waals surface area contributed by atoms with Crippen molar-refractivity contribution in [2.45, 2.75) is 26.4 Å². The van der Waals surface area contributed by atoms with E-state index in [4.69, 9.17) is 0 Å². The molecule has 0 bridgehead atoms. The van der Waals surface area contributed by atoms with Gasteiger partial charge in [-0.3, -0.25) is 4.79 Å². The molecule has 0 saturated carbocycles. The molecule has 7 nitrogen and oxygen atoms in total. The fraction of sp³-hybridized carbons (Fsp3) is 0.438. The molecule has 124 valence electrons. The number of hydrogen-bond acceptors (Lipinski definition) is 4. The maximum Gasteiger partial charge on any atom is 0.326 e. The van der Waals surface area contributed by atoms with Crippen molar-refractivity contribution in [2.75, 3.05) is 14.1 Å². The number of amides is 1. The van der Waals surface area contributed by atoms with E-state index in [2.05, 4.69) is 10.3 Å². The van der Waals surface area contributed by atoms with Gasteiger partial charge >= 0.3 is 5.97 Å². The Labute approximate surface area is 134 Å². The first-order valence-corrected chi connectivity index (χ1v) is 7.45. The molecule has 0 aromatic carbocycles. The fourth-order valence-corrected chi connectivity index (χ4v) is 2.40. The molecule has 1 atom stereocenters. The topological polar surface area (TPSA) is 86.9 Å². The van der Waals surface area contributed by atoms with Crippen LogP contribution in [0.1, 0.15) is 30.0 Å². The molecular weight excluding hydrogens is 296 g/mol. The minimum Gasteiger partial charge on any atom is -0.480 e. The summed E-state index contributed by atoms with van der Waals surface area (Å²) in [6, 6.07) is 4.58. The van der Waals surface area contributed by atoms with Crippen molar-refractivity contribution < 1.29 is 14.7 Å². The second-order valence-electron chi connectivity index (χ2n) is 6.11. The number of nitrogens with one attached hydrogen (secondary N) is 1. The number of carbonyl (C=O) groups is 2. The van der Waals surface area contributed by atoms with E-state index in [1.807, 2.05) is 47.8 Å². The molecule has 0 spiro atoms. The Bertz CT molecular complexity index is 721. The molecule has 0 aliphatic carbocycles. The number of imidazole rings is 1. The predicted molar refractivity (Wildman–Crippen MR) is 86.3 cm³/mol. The molecule has 0 fully saturated rings. The van der Waals surface area contributed by atoms with Crippen molar-refractivity contribution in [3.63, 3.8) is 0 Å². The van der Waals surface area contributed by atoms with Gasteiger partial charge in [-0.15, -0.1) is 0 Å². The standard InChI is InChI=1S/C16H22N4O3/c1-10(2)13(16(22)23)18-15(21)14-11(9-19(3)4)20-8-6-5-7-12(20)17-14/h5-8,10,13H,9H2,1-4H3,(H,18,21)(H,22,23). The molecule has 2 rings (SSSR count). The zero-order valence-electron chi connectivity index (χ0n) is 13.8. The first-order chi connectivity index (χ1) is 10.8. The zero-order chi connectivity index (χ0) is 17.1. The van der Waals surface area contributed by atoms with E-state index in [1.54, 1.807) is 13.8 Å².